The van der Waals surface area contributed by atoms with E-state index in [-0.39, 0.29) is 17.7 Å². The molecule has 1 aliphatic rings. The highest BCUT2D eigenvalue weighted by atomic mass is 35.5. The van der Waals surface area contributed by atoms with Gasteiger partial charge in [-0.05, 0) is 50.5 Å². The zero-order chi connectivity index (χ0) is 22.4. The smallest absolute Gasteiger partial charge is 0.255 e. The number of likely N-dealkylation sites (tertiary alicyclic amines) is 1. The minimum Gasteiger partial charge on any atom is -0.343 e. The Morgan fingerprint density at radius 3 is 2.58 bits per heavy atom. The number of hydrogen-bond acceptors (Lipinski definition) is 4. The van der Waals surface area contributed by atoms with Gasteiger partial charge in [-0.15, -0.1) is 11.8 Å². The fourth-order valence-electron chi connectivity index (χ4n) is 3.80. The molecule has 5 nitrogen and oxygen atoms in total. The zero-order valence-electron chi connectivity index (χ0n) is 17.8. The second-order valence-corrected chi connectivity index (χ2v) is 9.32. The standard InChI is InChI=1S/C23H27Cl2N3O2S/c1-3-27(4-2)22(29)17-7-6-10-28(14-17)23(30)18-11-16(12-26-13-18)15-31-21-19(24)8-5-9-20(21)25/h5,8-9,11-13,17H,3-4,6-7,10,14-15H2,1-2H3. The number of halogens is 2. The third-order valence-corrected chi connectivity index (χ3v) is 7.54. The molecule has 1 saturated heterocycles. The van der Waals surface area contributed by atoms with Crippen molar-refractivity contribution < 1.29 is 9.59 Å². The van der Waals surface area contributed by atoms with E-state index in [1.165, 1.54) is 11.8 Å². The van der Waals surface area contributed by atoms with Crippen LogP contribution in [0.5, 0.6) is 0 Å². The molecule has 0 bridgehead atoms. The van der Waals surface area contributed by atoms with Gasteiger partial charge < -0.3 is 9.80 Å². The van der Waals surface area contributed by atoms with Gasteiger partial charge in [0, 0.05) is 49.2 Å². The van der Waals surface area contributed by atoms with Crippen LogP contribution in [0.15, 0.2) is 41.6 Å². The molecule has 1 fully saturated rings. The van der Waals surface area contributed by atoms with E-state index in [9.17, 15) is 9.59 Å². The molecule has 31 heavy (non-hydrogen) atoms. The van der Waals surface area contributed by atoms with Gasteiger partial charge in [0.1, 0.15) is 0 Å². The second kappa shape index (κ2) is 11.2. The van der Waals surface area contributed by atoms with Crippen LogP contribution in [0.25, 0.3) is 0 Å². The van der Waals surface area contributed by atoms with Gasteiger partial charge >= 0.3 is 0 Å². The third kappa shape index (κ3) is 5.93. The van der Waals surface area contributed by atoms with E-state index < -0.39 is 0 Å². The number of aromatic nitrogens is 1. The Morgan fingerprint density at radius 1 is 1.19 bits per heavy atom. The topological polar surface area (TPSA) is 53.5 Å². The Labute approximate surface area is 198 Å². The summed E-state index contributed by atoms with van der Waals surface area (Å²) >= 11 is 14.0. The van der Waals surface area contributed by atoms with Crippen LogP contribution in [-0.2, 0) is 10.5 Å². The highest BCUT2D eigenvalue weighted by molar-refractivity contribution is 7.98. The lowest BCUT2D eigenvalue weighted by molar-refractivity contribution is -0.136. The zero-order valence-corrected chi connectivity index (χ0v) is 20.1. The molecule has 1 aliphatic heterocycles. The summed E-state index contributed by atoms with van der Waals surface area (Å²) in [6.07, 6.45) is 5.00. The first-order chi connectivity index (χ1) is 14.9. The van der Waals surface area contributed by atoms with Crippen molar-refractivity contribution in [2.75, 3.05) is 26.2 Å². The molecule has 2 amide bonds. The summed E-state index contributed by atoms with van der Waals surface area (Å²) in [5, 5.41) is 1.21. The quantitative estimate of drug-likeness (QED) is 0.498. The summed E-state index contributed by atoms with van der Waals surface area (Å²) in [6.45, 7) is 6.48. The Balaban J connectivity index is 1.67. The Hall–Kier alpha value is -1.76. The molecule has 8 heteroatoms. The monoisotopic (exact) mass is 479 g/mol. The Morgan fingerprint density at radius 2 is 1.90 bits per heavy atom. The van der Waals surface area contributed by atoms with E-state index in [4.69, 9.17) is 23.2 Å². The highest BCUT2D eigenvalue weighted by Crippen LogP contribution is 2.35. The summed E-state index contributed by atoms with van der Waals surface area (Å²) in [6, 6.07) is 7.29. The number of carbonyl (C=O) groups excluding carboxylic acids is 2. The summed E-state index contributed by atoms with van der Waals surface area (Å²) in [4.78, 5) is 34.6. The number of nitrogens with zero attached hydrogens (tertiary/aromatic N) is 3. The maximum absolute atomic E-state index is 13.1. The van der Waals surface area contributed by atoms with Gasteiger partial charge in [0.05, 0.1) is 21.5 Å². The summed E-state index contributed by atoms with van der Waals surface area (Å²) < 4.78 is 0. The normalized spacial score (nSPS) is 16.3. The van der Waals surface area contributed by atoms with Crippen molar-refractivity contribution >= 4 is 46.8 Å². The van der Waals surface area contributed by atoms with Gasteiger partial charge in [-0.2, -0.15) is 0 Å². The lowest BCUT2D eigenvalue weighted by atomic mass is 9.96. The molecule has 0 spiro atoms. The van der Waals surface area contributed by atoms with Crippen LogP contribution in [0.4, 0.5) is 0 Å². The van der Waals surface area contributed by atoms with Crippen molar-refractivity contribution in [1.29, 1.82) is 0 Å². The fourth-order valence-corrected chi connectivity index (χ4v) is 5.40. The van der Waals surface area contributed by atoms with Crippen molar-refractivity contribution in [1.82, 2.24) is 14.8 Å². The van der Waals surface area contributed by atoms with Crippen molar-refractivity contribution in [2.24, 2.45) is 5.92 Å². The summed E-state index contributed by atoms with van der Waals surface area (Å²) in [7, 11) is 0. The lowest BCUT2D eigenvalue weighted by Gasteiger charge is -2.34. The van der Waals surface area contributed by atoms with Gasteiger partial charge in [0.25, 0.3) is 5.91 Å². The van der Waals surface area contributed by atoms with Crippen LogP contribution >= 0.6 is 35.0 Å². The SMILES string of the molecule is CCN(CC)C(=O)C1CCCN(C(=O)c2cncc(CSc3c(Cl)cccc3Cl)c2)C1. The van der Waals surface area contributed by atoms with Crippen LogP contribution < -0.4 is 0 Å². The molecule has 0 N–H and O–H groups in total. The number of piperidine rings is 1. The molecule has 166 valence electrons. The number of benzene rings is 1. The lowest BCUT2D eigenvalue weighted by Crippen LogP contribution is -2.46. The van der Waals surface area contributed by atoms with Gasteiger partial charge in [0.15, 0.2) is 0 Å². The van der Waals surface area contributed by atoms with Gasteiger partial charge in [0.2, 0.25) is 5.91 Å². The van der Waals surface area contributed by atoms with Gasteiger partial charge in [-0.3, -0.25) is 14.6 Å². The average molecular weight is 480 g/mol. The largest absolute Gasteiger partial charge is 0.343 e. The van der Waals surface area contributed by atoms with Crippen molar-refractivity contribution in [3.8, 4) is 0 Å². The molecule has 1 aromatic heterocycles. The van der Waals surface area contributed by atoms with Crippen LogP contribution in [0, 0.1) is 5.92 Å². The highest BCUT2D eigenvalue weighted by Gasteiger charge is 2.31. The first kappa shape index (κ1) is 23.9. The van der Waals surface area contributed by atoms with E-state index >= 15 is 0 Å². The van der Waals surface area contributed by atoms with Crippen LogP contribution in [0.1, 0.15) is 42.6 Å². The minimum atomic E-state index is -0.133. The van der Waals surface area contributed by atoms with Crippen LogP contribution in [0.2, 0.25) is 10.0 Å². The molecular weight excluding hydrogens is 453 g/mol. The number of thioether (sulfide) groups is 1. The number of rotatable bonds is 7. The number of pyridine rings is 1. The fraction of sp³-hybridized carbons (Fsp3) is 0.435. The Bertz CT molecular complexity index is 917. The van der Waals surface area contributed by atoms with Crippen LogP contribution in [-0.4, -0.2) is 52.8 Å². The van der Waals surface area contributed by atoms with E-state index in [1.807, 2.05) is 30.9 Å². The van der Waals surface area contributed by atoms with Crippen LogP contribution in [0.3, 0.4) is 0 Å². The molecular formula is C23H27Cl2N3O2S. The first-order valence-electron chi connectivity index (χ1n) is 10.5. The predicted molar refractivity (Wildman–Crippen MR) is 127 cm³/mol. The molecule has 2 aromatic rings. The van der Waals surface area contributed by atoms with Gasteiger partial charge in [-0.1, -0.05) is 29.3 Å². The minimum absolute atomic E-state index is 0.0767. The summed E-state index contributed by atoms with van der Waals surface area (Å²) in [5.41, 5.74) is 1.46. The van der Waals surface area contributed by atoms with Gasteiger partial charge in [-0.25, -0.2) is 0 Å². The second-order valence-electron chi connectivity index (χ2n) is 7.52. The maximum atomic E-state index is 13.1. The van der Waals surface area contributed by atoms with E-state index in [0.717, 1.165) is 23.3 Å². The number of amides is 2. The molecule has 1 aromatic carbocycles. The summed E-state index contributed by atoms with van der Waals surface area (Å²) in [5.74, 6) is 0.530. The molecule has 0 radical (unpaired) electrons. The average Bonchev–Trinajstić information content (AvgIpc) is 2.79. The Kier molecular flexibility index (Phi) is 8.64. The molecule has 0 aliphatic carbocycles. The predicted octanol–water partition coefficient (Wildman–Crippen LogP) is 5.40. The molecule has 1 unspecified atom stereocenters. The molecule has 2 heterocycles. The van der Waals surface area contributed by atoms with E-state index in [1.54, 1.807) is 29.4 Å². The van der Waals surface area contributed by atoms with Crippen molar-refractivity contribution in [3.63, 3.8) is 0 Å². The first-order valence-corrected chi connectivity index (χ1v) is 12.3. The number of hydrogen-bond donors (Lipinski definition) is 0. The third-order valence-electron chi connectivity index (χ3n) is 5.48. The number of carbonyl (C=O) groups is 2. The molecule has 0 saturated carbocycles. The molecule has 1 atom stereocenters. The van der Waals surface area contributed by atoms with Crippen molar-refractivity contribution in [2.45, 2.75) is 37.3 Å². The van der Waals surface area contributed by atoms with E-state index in [2.05, 4.69) is 4.98 Å². The van der Waals surface area contributed by atoms with E-state index in [0.29, 0.717) is 47.5 Å². The maximum Gasteiger partial charge on any atom is 0.255 e. The molecule has 3 rings (SSSR count). The van der Waals surface area contributed by atoms with Crippen molar-refractivity contribution in [3.05, 3.63) is 57.8 Å².